The first-order valence-corrected chi connectivity index (χ1v) is 9.72. The highest BCUT2D eigenvalue weighted by Crippen LogP contribution is 2.48. The zero-order chi connectivity index (χ0) is 20.1. The smallest absolute Gasteiger partial charge is 0.417 e. The number of nitrogens with zero attached hydrogens (tertiary/aromatic N) is 2. The molecule has 1 N–H and O–H groups in total. The summed E-state index contributed by atoms with van der Waals surface area (Å²) in [7, 11) is 0. The van der Waals surface area contributed by atoms with E-state index in [0.717, 1.165) is 31.7 Å². The van der Waals surface area contributed by atoms with Crippen molar-refractivity contribution in [3.63, 3.8) is 0 Å². The van der Waals surface area contributed by atoms with E-state index in [-0.39, 0.29) is 24.2 Å². The van der Waals surface area contributed by atoms with E-state index >= 15 is 0 Å². The lowest BCUT2D eigenvalue weighted by atomic mass is 9.91. The number of hydrogen-bond acceptors (Lipinski definition) is 2. The van der Waals surface area contributed by atoms with Crippen LogP contribution in [0, 0.1) is 11.8 Å². The van der Waals surface area contributed by atoms with Gasteiger partial charge in [-0.2, -0.15) is 13.2 Å². The van der Waals surface area contributed by atoms with E-state index in [4.69, 9.17) is 0 Å². The number of carboxylic acid groups (broad SMARTS) is 1. The maximum Gasteiger partial charge on any atom is 0.417 e. The van der Waals surface area contributed by atoms with E-state index in [2.05, 4.69) is 0 Å². The van der Waals surface area contributed by atoms with E-state index < -0.39 is 23.7 Å². The van der Waals surface area contributed by atoms with Crippen molar-refractivity contribution in [3.8, 4) is 0 Å². The van der Waals surface area contributed by atoms with Crippen LogP contribution in [0.4, 0.5) is 18.0 Å². The lowest BCUT2D eigenvalue weighted by Crippen LogP contribution is -2.51. The van der Waals surface area contributed by atoms with Crippen molar-refractivity contribution >= 4 is 12.0 Å². The lowest BCUT2D eigenvalue weighted by molar-refractivity contribution is -0.138. The molecule has 2 bridgehead atoms. The molecule has 152 valence electrons. The Morgan fingerprint density at radius 2 is 1.86 bits per heavy atom. The molecule has 3 fully saturated rings. The molecule has 1 aliphatic heterocycles. The van der Waals surface area contributed by atoms with E-state index in [9.17, 15) is 27.9 Å². The molecule has 28 heavy (non-hydrogen) atoms. The Kier molecular flexibility index (Phi) is 4.75. The van der Waals surface area contributed by atoms with Gasteiger partial charge in [0.15, 0.2) is 0 Å². The molecule has 1 saturated heterocycles. The van der Waals surface area contributed by atoms with Crippen molar-refractivity contribution in [2.45, 2.75) is 50.4 Å². The first-order valence-electron chi connectivity index (χ1n) is 9.72. The fourth-order valence-corrected chi connectivity index (χ4v) is 5.34. The number of likely N-dealkylation sites (tertiary alicyclic amines) is 1. The lowest BCUT2D eigenvalue weighted by Gasteiger charge is -2.39. The van der Waals surface area contributed by atoms with Crippen LogP contribution in [0.25, 0.3) is 0 Å². The van der Waals surface area contributed by atoms with Crippen LogP contribution in [0.15, 0.2) is 24.3 Å². The molecule has 5 nitrogen and oxygen atoms in total. The normalized spacial score (nSPS) is 29.3. The van der Waals surface area contributed by atoms with Crippen LogP contribution in [-0.2, 0) is 6.18 Å². The van der Waals surface area contributed by atoms with Crippen LogP contribution in [0.2, 0.25) is 0 Å². The minimum atomic E-state index is -4.62. The zero-order valence-corrected chi connectivity index (χ0v) is 15.4. The molecule has 3 unspecified atom stereocenters. The largest absolute Gasteiger partial charge is 0.465 e. The molecule has 0 spiro atoms. The van der Waals surface area contributed by atoms with Crippen LogP contribution in [0.1, 0.15) is 48.0 Å². The van der Waals surface area contributed by atoms with Gasteiger partial charge in [0.25, 0.3) is 5.91 Å². The van der Waals surface area contributed by atoms with Gasteiger partial charge in [-0.1, -0.05) is 18.6 Å². The van der Waals surface area contributed by atoms with Crippen molar-refractivity contribution in [1.82, 2.24) is 9.80 Å². The Morgan fingerprint density at radius 3 is 2.43 bits per heavy atom. The topological polar surface area (TPSA) is 60.9 Å². The average Bonchev–Trinajstić information content (AvgIpc) is 3.38. The highest BCUT2D eigenvalue weighted by molar-refractivity contribution is 5.96. The second-order valence-corrected chi connectivity index (χ2v) is 8.17. The highest BCUT2D eigenvalue weighted by Gasteiger charge is 2.48. The van der Waals surface area contributed by atoms with Gasteiger partial charge < -0.3 is 14.9 Å². The summed E-state index contributed by atoms with van der Waals surface area (Å²) >= 11 is 0. The molecule has 3 aliphatic rings. The minimum absolute atomic E-state index is 0.105. The van der Waals surface area contributed by atoms with Gasteiger partial charge >= 0.3 is 12.3 Å². The van der Waals surface area contributed by atoms with Crippen LogP contribution >= 0.6 is 0 Å². The van der Waals surface area contributed by atoms with Gasteiger partial charge in [-0.3, -0.25) is 4.79 Å². The van der Waals surface area contributed by atoms with Gasteiger partial charge in [0.2, 0.25) is 0 Å². The summed E-state index contributed by atoms with van der Waals surface area (Å²) in [6.45, 7) is 0.453. The molecular formula is C20H23F3N2O3. The maximum absolute atomic E-state index is 13.5. The molecule has 4 atom stereocenters. The summed E-state index contributed by atoms with van der Waals surface area (Å²) < 4.78 is 40.5. The van der Waals surface area contributed by atoms with Crippen molar-refractivity contribution in [3.05, 3.63) is 35.4 Å². The van der Waals surface area contributed by atoms with Crippen LogP contribution in [0.5, 0.6) is 0 Å². The SMILES string of the molecule is O=C(O)N1CC[C@H](N(C(=O)c2ccccc2C(F)(F)F)C2CC3CCC2C3)C1. The van der Waals surface area contributed by atoms with Crippen molar-refractivity contribution in [2.75, 3.05) is 13.1 Å². The molecule has 0 radical (unpaired) electrons. The second kappa shape index (κ2) is 6.97. The average molecular weight is 396 g/mol. The fourth-order valence-electron chi connectivity index (χ4n) is 5.34. The number of alkyl halides is 3. The van der Waals surface area contributed by atoms with Crippen LogP contribution in [-0.4, -0.2) is 52.1 Å². The van der Waals surface area contributed by atoms with Gasteiger partial charge in [0.1, 0.15) is 0 Å². The summed E-state index contributed by atoms with van der Waals surface area (Å²) in [5.41, 5.74) is -1.27. The summed E-state index contributed by atoms with van der Waals surface area (Å²) in [5, 5.41) is 9.26. The fraction of sp³-hybridized carbons (Fsp3) is 0.600. The molecule has 2 amide bonds. The van der Waals surface area contributed by atoms with E-state index in [1.165, 1.54) is 23.1 Å². The van der Waals surface area contributed by atoms with E-state index in [0.29, 0.717) is 24.8 Å². The van der Waals surface area contributed by atoms with Gasteiger partial charge in [0.05, 0.1) is 17.2 Å². The number of carbonyl (C=O) groups excluding carboxylic acids is 1. The number of fused-ring (bicyclic) bond motifs is 2. The molecular weight excluding hydrogens is 373 g/mol. The standard InChI is InChI=1S/C20H23F3N2O3/c21-20(22,23)16-4-2-1-3-15(16)18(26)25(14-7-8-24(11-14)19(27)28)17-10-12-5-6-13(17)9-12/h1-4,12-14,17H,5-11H2,(H,27,28)/t12?,13?,14-,17?/m0/s1. The molecule has 2 saturated carbocycles. The summed E-state index contributed by atoms with van der Waals surface area (Å²) in [6.07, 6.45) is -1.32. The highest BCUT2D eigenvalue weighted by atomic mass is 19.4. The minimum Gasteiger partial charge on any atom is -0.465 e. The van der Waals surface area contributed by atoms with Crippen molar-refractivity contribution in [1.29, 1.82) is 0 Å². The monoisotopic (exact) mass is 396 g/mol. The Morgan fingerprint density at radius 1 is 1.11 bits per heavy atom. The number of hydrogen-bond donors (Lipinski definition) is 1. The van der Waals surface area contributed by atoms with Gasteiger partial charge in [0, 0.05) is 19.1 Å². The second-order valence-electron chi connectivity index (χ2n) is 8.17. The first kappa shape index (κ1) is 19.1. The van der Waals surface area contributed by atoms with Crippen molar-refractivity contribution in [2.24, 2.45) is 11.8 Å². The third-order valence-corrected chi connectivity index (χ3v) is 6.58. The van der Waals surface area contributed by atoms with E-state index in [1.54, 1.807) is 4.90 Å². The third-order valence-electron chi connectivity index (χ3n) is 6.58. The molecule has 4 rings (SSSR count). The van der Waals surface area contributed by atoms with E-state index in [1.807, 2.05) is 0 Å². The van der Waals surface area contributed by atoms with Gasteiger partial charge in [-0.25, -0.2) is 4.79 Å². The molecule has 8 heteroatoms. The molecule has 1 heterocycles. The van der Waals surface area contributed by atoms with Crippen LogP contribution < -0.4 is 0 Å². The number of amides is 2. The zero-order valence-electron chi connectivity index (χ0n) is 15.4. The first-order chi connectivity index (χ1) is 13.3. The summed E-state index contributed by atoms with van der Waals surface area (Å²) in [6, 6.07) is 4.41. The summed E-state index contributed by atoms with van der Waals surface area (Å²) in [5.74, 6) is 0.189. The van der Waals surface area contributed by atoms with Gasteiger partial charge in [-0.05, 0) is 49.7 Å². The number of carbonyl (C=O) groups is 2. The Hall–Kier alpha value is -2.25. The van der Waals surface area contributed by atoms with Gasteiger partial charge in [-0.15, -0.1) is 0 Å². The van der Waals surface area contributed by atoms with Crippen LogP contribution in [0.3, 0.4) is 0 Å². The number of halogens is 3. The Bertz CT molecular complexity index is 782. The Balaban J connectivity index is 1.68. The molecule has 0 aromatic heterocycles. The molecule has 2 aliphatic carbocycles. The van der Waals surface area contributed by atoms with Crippen molar-refractivity contribution < 1.29 is 27.9 Å². The number of rotatable bonds is 3. The third kappa shape index (κ3) is 3.33. The quantitative estimate of drug-likeness (QED) is 0.837. The maximum atomic E-state index is 13.5. The predicted molar refractivity (Wildman–Crippen MR) is 94.9 cm³/mol. The number of benzene rings is 1. The Labute approximate surface area is 161 Å². The molecule has 1 aromatic carbocycles. The summed E-state index contributed by atoms with van der Waals surface area (Å²) in [4.78, 5) is 27.6. The molecule has 1 aromatic rings. The predicted octanol–water partition coefficient (Wildman–Crippen LogP) is 4.09.